The summed E-state index contributed by atoms with van der Waals surface area (Å²) in [7, 11) is 1.34. The van der Waals surface area contributed by atoms with Crippen LogP contribution in [0.15, 0.2) is 18.2 Å². The molecule has 0 aliphatic carbocycles. The Hall–Kier alpha value is -2.11. The van der Waals surface area contributed by atoms with Gasteiger partial charge in [0.25, 0.3) is 5.91 Å². The Morgan fingerprint density at radius 3 is 2.84 bits per heavy atom. The first-order valence-electron chi connectivity index (χ1n) is 5.92. The van der Waals surface area contributed by atoms with Crippen LogP contribution in [-0.4, -0.2) is 41.6 Å². The summed E-state index contributed by atoms with van der Waals surface area (Å²) in [5.74, 6) is -2.30. The maximum atomic E-state index is 13.8. The lowest BCUT2D eigenvalue weighted by atomic mass is 10.1. The number of halogens is 1. The van der Waals surface area contributed by atoms with E-state index in [0.717, 1.165) is 6.07 Å². The number of aliphatic carboxylic acids is 1. The molecule has 0 spiro atoms. The van der Waals surface area contributed by atoms with E-state index < -0.39 is 23.7 Å². The number of hydrogen-bond acceptors (Lipinski definition) is 3. The quantitative estimate of drug-likeness (QED) is 0.901. The summed E-state index contributed by atoms with van der Waals surface area (Å²) in [5.41, 5.74) is -0.210. The average Bonchev–Trinajstić information content (AvgIpc) is 2.87. The van der Waals surface area contributed by atoms with Crippen molar-refractivity contribution in [3.05, 3.63) is 29.6 Å². The number of carboxylic acids is 1. The predicted molar refractivity (Wildman–Crippen MR) is 64.6 cm³/mol. The van der Waals surface area contributed by atoms with Gasteiger partial charge in [-0.25, -0.2) is 9.18 Å². The summed E-state index contributed by atoms with van der Waals surface area (Å²) >= 11 is 0. The van der Waals surface area contributed by atoms with Gasteiger partial charge in [-0.3, -0.25) is 4.79 Å². The third-order valence-corrected chi connectivity index (χ3v) is 3.21. The first kappa shape index (κ1) is 13.3. The van der Waals surface area contributed by atoms with E-state index in [1.54, 1.807) is 0 Å². The van der Waals surface area contributed by atoms with Gasteiger partial charge in [-0.15, -0.1) is 0 Å². The van der Waals surface area contributed by atoms with Crippen LogP contribution in [0.2, 0.25) is 0 Å². The van der Waals surface area contributed by atoms with Gasteiger partial charge in [-0.05, 0) is 25.0 Å². The SMILES string of the molecule is COc1cccc(F)c1C(=O)N1CCC[C@@H]1C(=O)O. The fourth-order valence-corrected chi connectivity index (χ4v) is 2.29. The Morgan fingerprint density at radius 2 is 2.21 bits per heavy atom. The molecule has 0 bridgehead atoms. The van der Waals surface area contributed by atoms with Crippen LogP contribution < -0.4 is 4.74 Å². The van der Waals surface area contributed by atoms with Gasteiger partial charge in [0.1, 0.15) is 23.2 Å². The molecule has 0 aromatic heterocycles. The van der Waals surface area contributed by atoms with E-state index in [0.29, 0.717) is 19.4 Å². The molecule has 0 radical (unpaired) electrons. The molecule has 19 heavy (non-hydrogen) atoms. The number of rotatable bonds is 3. The topological polar surface area (TPSA) is 66.8 Å². The molecule has 5 nitrogen and oxygen atoms in total. The van der Waals surface area contributed by atoms with Gasteiger partial charge >= 0.3 is 5.97 Å². The zero-order valence-corrected chi connectivity index (χ0v) is 10.4. The summed E-state index contributed by atoms with van der Waals surface area (Å²) in [6, 6.07) is 3.17. The first-order valence-corrected chi connectivity index (χ1v) is 5.92. The maximum absolute atomic E-state index is 13.8. The predicted octanol–water partition coefficient (Wildman–Crippen LogP) is 1.52. The number of nitrogens with zero attached hydrogens (tertiary/aromatic N) is 1. The summed E-state index contributed by atoms with van der Waals surface area (Å²) in [4.78, 5) is 24.6. The molecule has 1 aromatic carbocycles. The highest BCUT2D eigenvalue weighted by molar-refractivity contribution is 5.99. The first-order chi connectivity index (χ1) is 9.06. The molecule has 1 N–H and O–H groups in total. The highest BCUT2D eigenvalue weighted by atomic mass is 19.1. The van der Waals surface area contributed by atoms with Crippen molar-refractivity contribution >= 4 is 11.9 Å². The lowest BCUT2D eigenvalue weighted by Gasteiger charge is -2.22. The lowest BCUT2D eigenvalue weighted by Crippen LogP contribution is -2.40. The highest BCUT2D eigenvalue weighted by Crippen LogP contribution is 2.27. The zero-order chi connectivity index (χ0) is 14.0. The van der Waals surface area contributed by atoms with Crippen LogP contribution in [0.5, 0.6) is 5.75 Å². The monoisotopic (exact) mass is 267 g/mol. The molecule has 0 saturated carbocycles. The summed E-state index contributed by atoms with van der Waals surface area (Å²) in [5, 5.41) is 9.06. The van der Waals surface area contributed by atoms with Gasteiger partial charge in [0.2, 0.25) is 0 Å². The fourth-order valence-electron chi connectivity index (χ4n) is 2.29. The Bertz CT molecular complexity index is 517. The normalized spacial score (nSPS) is 18.4. The van der Waals surface area contributed by atoms with Crippen LogP contribution in [0.25, 0.3) is 0 Å². The van der Waals surface area contributed by atoms with Crippen LogP contribution in [0.3, 0.4) is 0 Å². The lowest BCUT2D eigenvalue weighted by molar-refractivity contribution is -0.141. The molecule has 1 fully saturated rings. The molecule has 2 rings (SSSR count). The van der Waals surface area contributed by atoms with E-state index >= 15 is 0 Å². The number of carboxylic acid groups (broad SMARTS) is 1. The fraction of sp³-hybridized carbons (Fsp3) is 0.385. The van der Waals surface area contributed by atoms with Crippen LogP contribution >= 0.6 is 0 Å². The number of carbonyl (C=O) groups is 2. The van der Waals surface area contributed by atoms with Crippen LogP contribution in [0, 0.1) is 5.82 Å². The van der Waals surface area contributed by atoms with Gasteiger partial charge in [-0.2, -0.15) is 0 Å². The minimum atomic E-state index is -1.07. The Kier molecular flexibility index (Phi) is 3.69. The molecule has 1 atom stereocenters. The molecule has 1 heterocycles. The van der Waals surface area contributed by atoms with Crippen molar-refractivity contribution in [2.75, 3.05) is 13.7 Å². The van der Waals surface area contributed by atoms with Gasteiger partial charge in [0.05, 0.1) is 7.11 Å². The van der Waals surface area contributed by atoms with Crippen molar-refractivity contribution in [3.63, 3.8) is 0 Å². The Labute approximate surface area is 109 Å². The van der Waals surface area contributed by atoms with Crippen molar-refractivity contribution in [1.82, 2.24) is 4.90 Å². The smallest absolute Gasteiger partial charge is 0.326 e. The minimum Gasteiger partial charge on any atom is -0.496 e. The van der Waals surface area contributed by atoms with Gasteiger partial charge in [-0.1, -0.05) is 6.07 Å². The van der Waals surface area contributed by atoms with Gasteiger partial charge < -0.3 is 14.7 Å². The molecule has 1 aliphatic rings. The molecule has 1 saturated heterocycles. The standard InChI is InChI=1S/C13H14FNO4/c1-19-10-6-2-4-8(14)11(10)12(16)15-7-3-5-9(15)13(17)18/h2,4,6,9H,3,5,7H2,1H3,(H,17,18)/t9-/m1/s1. The second-order valence-electron chi connectivity index (χ2n) is 4.31. The van der Waals surface area contributed by atoms with Crippen LogP contribution in [0.4, 0.5) is 4.39 Å². The molecule has 1 aliphatic heterocycles. The number of amides is 1. The van der Waals surface area contributed by atoms with Crippen LogP contribution in [-0.2, 0) is 4.79 Å². The zero-order valence-electron chi connectivity index (χ0n) is 10.4. The van der Waals surface area contributed by atoms with E-state index in [1.165, 1.54) is 24.1 Å². The van der Waals surface area contributed by atoms with E-state index in [2.05, 4.69) is 0 Å². The van der Waals surface area contributed by atoms with E-state index in [9.17, 15) is 14.0 Å². The molecule has 1 aromatic rings. The van der Waals surface area contributed by atoms with Crippen molar-refractivity contribution in [1.29, 1.82) is 0 Å². The third kappa shape index (κ3) is 2.38. The number of hydrogen-bond donors (Lipinski definition) is 1. The third-order valence-electron chi connectivity index (χ3n) is 3.21. The Balaban J connectivity index is 2.37. The summed E-state index contributed by atoms with van der Waals surface area (Å²) in [6.07, 6.45) is 0.983. The number of carbonyl (C=O) groups excluding carboxylic acids is 1. The molecule has 1 amide bonds. The number of benzene rings is 1. The highest BCUT2D eigenvalue weighted by Gasteiger charge is 2.36. The Morgan fingerprint density at radius 1 is 1.47 bits per heavy atom. The maximum Gasteiger partial charge on any atom is 0.326 e. The number of likely N-dealkylation sites (tertiary alicyclic amines) is 1. The van der Waals surface area contributed by atoms with Crippen molar-refractivity contribution in [2.24, 2.45) is 0 Å². The number of ether oxygens (including phenoxy) is 1. The second-order valence-corrected chi connectivity index (χ2v) is 4.31. The van der Waals surface area contributed by atoms with Crippen molar-refractivity contribution < 1.29 is 23.8 Å². The minimum absolute atomic E-state index is 0.112. The van der Waals surface area contributed by atoms with E-state index in [-0.39, 0.29) is 11.3 Å². The second kappa shape index (κ2) is 5.26. The van der Waals surface area contributed by atoms with E-state index in [4.69, 9.17) is 9.84 Å². The molecule has 0 unspecified atom stereocenters. The molecule has 6 heteroatoms. The molecular formula is C13H14FNO4. The van der Waals surface area contributed by atoms with Gasteiger partial charge in [0, 0.05) is 6.54 Å². The van der Waals surface area contributed by atoms with Gasteiger partial charge in [0.15, 0.2) is 0 Å². The van der Waals surface area contributed by atoms with Crippen LogP contribution in [0.1, 0.15) is 23.2 Å². The molecular weight excluding hydrogens is 253 g/mol. The number of methoxy groups -OCH3 is 1. The summed E-state index contributed by atoms with van der Waals surface area (Å²) in [6.45, 7) is 0.313. The van der Waals surface area contributed by atoms with Crippen molar-refractivity contribution in [2.45, 2.75) is 18.9 Å². The average molecular weight is 267 g/mol. The summed E-state index contributed by atoms with van der Waals surface area (Å²) < 4.78 is 18.8. The largest absolute Gasteiger partial charge is 0.496 e. The van der Waals surface area contributed by atoms with Crippen molar-refractivity contribution in [3.8, 4) is 5.75 Å². The van der Waals surface area contributed by atoms with E-state index in [1.807, 2.05) is 0 Å². The molecule has 102 valence electrons.